The molecule has 0 aliphatic carbocycles. The summed E-state index contributed by atoms with van der Waals surface area (Å²) in [4.78, 5) is 10.9. The third-order valence-electron chi connectivity index (χ3n) is 2.57. The van der Waals surface area contributed by atoms with E-state index in [9.17, 15) is 23.3 Å². The van der Waals surface area contributed by atoms with Gasteiger partial charge in [-0.25, -0.2) is 0 Å². The summed E-state index contributed by atoms with van der Waals surface area (Å²) in [6, 6.07) is 4.31. The highest BCUT2D eigenvalue weighted by atomic mass is 32.2. The molecule has 1 aromatic rings. The zero-order valence-corrected chi connectivity index (χ0v) is 11.1. The lowest BCUT2D eigenvalue weighted by Gasteiger charge is -2.13. The molecule has 1 heterocycles. The average molecular weight is 305 g/mol. The van der Waals surface area contributed by atoms with Crippen molar-refractivity contribution in [2.45, 2.75) is 18.2 Å². The number of non-ortho nitro benzene ring substituents is 1. The highest BCUT2D eigenvalue weighted by Crippen LogP contribution is 2.47. The van der Waals surface area contributed by atoms with Crippen LogP contribution in [0.25, 0.3) is 0 Å². The lowest BCUT2D eigenvalue weighted by Crippen LogP contribution is -2.11. The van der Waals surface area contributed by atoms with Crippen LogP contribution in [0, 0.1) is 17.0 Å². The maximum atomic E-state index is 12.1. The average Bonchev–Trinajstić information content (AvgIpc) is 2.74. The van der Waals surface area contributed by atoms with Gasteiger partial charge in [0.25, 0.3) is 5.69 Å². The Morgan fingerprint density at radius 2 is 2.05 bits per heavy atom. The van der Waals surface area contributed by atoms with Crippen LogP contribution in [0.1, 0.15) is 5.56 Å². The third-order valence-corrected chi connectivity index (χ3v) is 4.63. The molecule has 0 saturated heterocycles. The fourth-order valence-electron chi connectivity index (χ4n) is 1.76. The molecule has 1 aliphatic rings. The molecule has 4 nitrogen and oxygen atoms in total. The molecule has 1 aromatic carbocycles. The molecule has 0 N–H and O–H groups in total. The van der Waals surface area contributed by atoms with Gasteiger partial charge in [0.2, 0.25) is 0 Å². The standard InChI is InChI=1S/C12H10F3NO3S/c1-8-6-9(16(17)18)2-3-11(8)20-5-4-10(7-20)19-12(13,14)15/h2-7,20H,1H3. The van der Waals surface area contributed by atoms with E-state index in [1.165, 1.54) is 23.6 Å². The first-order chi connectivity index (χ1) is 9.26. The van der Waals surface area contributed by atoms with Gasteiger partial charge in [-0.2, -0.15) is 10.9 Å². The largest absolute Gasteiger partial charge is 0.573 e. The fraction of sp³-hybridized carbons (Fsp3) is 0.167. The van der Waals surface area contributed by atoms with Crippen LogP contribution < -0.4 is 0 Å². The SMILES string of the molecule is Cc1cc([N+](=O)[O-])ccc1[SH]1C=CC(OC(F)(F)F)=C1. The number of alkyl halides is 3. The van der Waals surface area contributed by atoms with Crippen LogP contribution in [-0.2, 0) is 4.74 Å². The van der Waals surface area contributed by atoms with Gasteiger partial charge in [-0.3, -0.25) is 10.1 Å². The van der Waals surface area contributed by atoms with E-state index in [0.29, 0.717) is 5.56 Å². The monoisotopic (exact) mass is 305 g/mol. The van der Waals surface area contributed by atoms with Gasteiger partial charge in [0, 0.05) is 17.5 Å². The number of hydrogen-bond acceptors (Lipinski definition) is 3. The molecule has 20 heavy (non-hydrogen) atoms. The number of aryl methyl sites for hydroxylation is 1. The molecular formula is C12H10F3NO3S. The quantitative estimate of drug-likeness (QED) is 0.518. The summed E-state index contributed by atoms with van der Waals surface area (Å²) in [6.07, 6.45) is -3.45. The van der Waals surface area contributed by atoms with Crippen molar-refractivity contribution in [2.24, 2.45) is 0 Å². The number of nitrogens with zero attached hydrogens (tertiary/aromatic N) is 1. The molecule has 0 fully saturated rings. The maximum Gasteiger partial charge on any atom is 0.573 e. The molecule has 0 bridgehead atoms. The molecule has 1 aliphatic heterocycles. The van der Waals surface area contributed by atoms with Gasteiger partial charge in [-0.1, -0.05) is 0 Å². The molecule has 2 rings (SSSR count). The van der Waals surface area contributed by atoms with Crippen molar-refractivity contribution in [3.05, 3.63) is 56.5 Å². The first-order valence-electron chi connectivity index (χ1n) is 5.45. The molecule has 8 heteroatoms. The number of allylic oxidation sites excluding steroid dienone is 1. The Hall–Kier alpha value is -1.96. The molecule has 1 unspecified atom stereocenters. The van der Waals surface area contributed by atoms with Crippen LogP contribution in [0.4, 0.5) is 18.9 Å². The first kappa shape index (κ1) is 14.4. The van der Waals surface area contributed by atoms with Gasteiger partial charge in [0.15, 0.2) is 0 Å². The third kappa shape index (κ3) is 3.32. The van der Waals surface area contributed by atoms with Crippen LogP contribution in [0.5, 0.6) is 0 Å². The molecule has 0 aromatic heterocycles. The normalized spacial score (nSPS) is 19.8. The predicted molar refractivity (Wildman–Crippen MR) is 69.4 cm³/mol. The second-order valence-corrected chi connectivity index (χ2v) is 5.88. The van der Waals surface area contributed by atoms with Crippen LogP contribution in [-0.4, -0.2) is 11.3 Å². The number of thiol groups is 1. The van der Waals surface area contributed by atoms with Crippen molar-refractivity contribution in [1.82, 2.24) is 0 Å². The summed E-state index contributed by atoms with van der Waals surface area (Å²) in [6.45, 7) is 1.69. The van der Waals surface area contributed by atoms with E-state index in [1.54, 1.807) is 18.4 Å². The highest BCUT2D eigenvalue weighted by Gasteiger charge is 2.32. The Morgan fingerprint density at radius 3 is 2.60 bits per heavy atom. The minimum atomic E-state index is -4.72. The lowest BCUT2D eigenvalue weighted by molar-refractivity contribution is -0.385. The molecule has 1 atom stereocenters. The smallest absolute Gasteiger partial charge is 0.405 e. The summed E-state index contributed by atoms with van der Waals surface area (Å²) in [5.74, 6) is -0.249. The van der Waals surface area contributed by atoms with Crippen LogP contribution in [0.3, 0.4) is 0 Å². The van der Waals surface area contributed by atoms with Crippen LogP contribution >= 0.6 is 10.9 Å². The minimum Gasteiger partial charge on any atom is -0.405 e. The van der Waals surface area contributed by atoms with Crippen molar-refractivity contribution in [2.75, 3.05) is 0 Å². The number of rotatable bonds is 3. The van der Waals surface area contributed by atoms with Gasteiger partial charge in [-0.05, 0) is 34.9 Å². The van der Waals surface area contributed by atoms with Crippen molar-refractivity contribution in [3.63, 3.8) is 0 Å². The number of halogens is 3. The maximum absolute atomic E-state index is 12.1. The second-order valence-electron chi connectivity index (χ2n) is 4.03. The number of benzene rings is 1. The Bertz CT molecular complexity index is 610. The van der Waals surface area contributed by atoms with E-state index in [-0.39, 0.29) is 11.4 Å². The summed E-state index contributed by atoms with van der Waals surface area (Å²) in [7, 11) is -1.08. The van der Waals surface area contributed by atoms with E-state index >= 15 is 0 Å². The van der Waals surface area contributed by atoms with Crippen molar-refractivity contribution < 1.29 is 22.8 Å². The summed E-state index contributed by atoms with van der Waals surface area (Å²) < 4.78 is 40.1. The van der Waals surface area contributed by atoms with Gasteiger partial charge >= 0.3 is 6.36 Å². The van der Waals surface area contributed by atoms with Crippen molar-refractivity contribution in [3.8, 4) is 0 Å². The number of hydrogen-bond donors (Lipinski definition) is 1. The van der Waals surface area contributed by atoms with E-state index in [1.807, 2.05) is 0 Å². The molecule has 0 radical (unpaired) electrons. The number of nitro benzene ring substituents is 1. The fourth-order valence-corrected chi connectivity index (χ4v) is 3.59. The number of nitro groups is 1. The summed E-state index contributed by atoms with van der Waals surface area (Å²) in [5, 5.41) is 13.6. The second kappa shape index (κ2) is 5.20. The van der Waals surface area contributed by atoms with E-state index < -0.39 is 22.2 Å². The molecule has 0 saturated carbocycles. The first-order valence-corrected chi connectivity index (χ1v) is 6.93. The minimum absolute atomic E-state index is 0.0415. The Balaban J connectivity index is 2.22. The lowest BCUT2D eigenvalue weighted by atomic mass is 10.2. The van der Waals surface area contributed by atoms with Gasteiger partial charge < -0.3 is 4.74 Å². The van der Waals surface area contributed by atoms with Gasteiger partial charge in [0.05, 0.1) is 4.92 Å². The van der Waals surface area contributed by atoms with Gasteiger partial charge in [0.1, 0.15) is 5.76 Å². The summed E-state index contributed by atoms with van der Waals surface area (Å²) in [5.41, 5.74) is 0.625. The Kier molecular flexibility index (Phi) is 3.76. The highest BCUT2D eigenvalue weighted by molar-refractivity contribution is 8.22. The zero-order valence-electron chi connectivity index (χ0n) is 10.2. The topological polar surface area (TPSA) is 52.4 Å². The zero-order chi connectivity index (χ0) is 14.9. The van der Waals surface area contributed by atoms with Crippen LogP contribution in [0.2, 0.25) is 0 Å². The van der Waals surface area contributed by atoms with E-state index in [2.05, 4.69) is 4.74 Å². The van der Waals surface area contributed by atoms with E-state index in [4.69, 9.17) is 0 Å². The van der Waals surface area contributed by atoms with Crippen molar-refractivity contribution in [1.29, 1.82) is 0 Å². The van der Waals surface area contributed by atoms with Crippen molar-refractivity contribution >= 4 is 16.6 Å². The number of ether oxygens (including phenoxy) is 1. The molecular weight excluding hydrogens is 295 g/mol. The molecule has 108 valence electrons. The van der Waals surface area contributed by atoms with Crippen LogP contribution in [0.15, 0.2) is 45.7 Å². The molecule has 0 spiro atoms. The summed E-state index contributed by atoms with van der Waals surface area (Å²) >= 11 is 0. The Morgan fingerprint density at radius 1 is 1.35 bits per heavy atom. The Labute approximate surface area is 115 Å². The van der Waals surface area contributed by atoms with E-state index in [0.717, 1.165) is 4.90 Å². The molecule has 0 amide bonds. The predicted octanol–water partition coefficient (Wildman–Crippen LogP) is 4.17. The van der Waals surface area contributed by atoms with Gasteiger partial charge in [-0.15, -0.1) is 13.2 Å².